The van der Waals surface area contributed by atoms with Crippen LogP contribution in [0, 0.1) is 0 Å². The molecule has 2 aromatic carbocycles. The van der Waals surface area contributed by atoms with Gasteiger partial charge in [0.1, 0.15) is 5.82 Å². The second-order valence-electron chi connectivity index (χ2n) is 6.99. The van der Waals surface area contributed by atoms with Gasteiger partial charge in [-0.3, -0.25) is 5.32 Å². The van der Waals surface area contributed by atoms with Crippen LogP contribution in [0.25, 0.3) is 5.69 Å². The van der Waals surface area contributed by atoms with Crippen molar-refractivity contribution in [2.75, 3.05) is 10.6 Å². The predicted octanol–water partition coefficient (Wildman–Crippen LogP) is 5.80. The van der Waals surface area contributed by atoms with E-state index < -0.39 is 17.8 Å². The fraction of sp³-hybridized carbons (Fsp3) is 0.238. The summed E-state index contributed by atoms with van der Waals surface area (Å²) in [5, 5.41) is 9.80. The highest BCUT2D eigenvalue weighted by Crippen LogP contribution is 2.37. The van der Waals surface area contributed by atoms with Crippen LogP contribution >= 0.6 is 0 Å². The Morgan fingerprint density at radius 1 is 1.00 bits per heavy atom. The van der Waals surface area contributed by atoms with Crippen LogP contribution in [0.15, 0.2) is 60.7 Å². The maximum Gasteiger partial charge on any atom is 0.416 e. The lowest BCUT2D eigenvalue weighted by Gasteiger charge is -2.22. The fourth-order valence-electron chi connectivity index (χ4n) is 3.21. The SMILES string of the molecule is O=C(Nc1cccc(C(F)(F)F)c1)Nc1cc(C2CCC2)nn1-c1ccccc1. The molecule has 0 atom stereocenters. The third-order valence-corrected chi connectivity index (χ3v) is 4.94. The molecule has 4 rings (SSSR count). The molecule has 1 aromatic heterocycles. The number of urea groups is 1. The number of hydrogen-bond donors (Lipinski definition) is 2. The molecular weight excluding hydrogens is 381 g/mol. The number of anilines is 2. The zero-order valence-electron chi connectivity index (χ0n) is 15.4. The predicted molar refractivity (Wildman–Crippen MR) is 104 cm³/mol. The van der Waals surface area contributed by atoms with Gasteiger partial charge in [-0.2, -0.15) is 18.3 Å². The molecule has 150 valence electrons. The van der Waals surface area contributed by atoms with Gasteiger partial charge in [-0.05, 0) is 43.2 Å². The summed E-state index contributed by atoms with van der Waals surface area (Å²) in [5.74, 6) is 0.828. The molecule has 2 N–H and O–H groups in total. The molecule has 29 heavy (non-hydrogen) atoms. The van der Waals surface area contributed by atoms with Gasteiger partial charge in [0.2, 0.25) is 0 Å². The maximum absolute atomic E-state index is 12.9. The van der Waals surface area contributed by atoms with Crippen LogP contribution in [0.1, 0.15) is 36.4 Å². The Labute approximate surface area is 165 Å². The van der Waals surface area contributed by atoms with Crippen molar-refractivity contribution < 1.29 is 18.0 Å². The summed E-state index contributed by atoms with van der Waals surface area (Å²) in [6.45, 7) is 0. The van der Waals surface area contributed by atoms with E-state index in [-0.39, 0.29) is 5.69 Å². The van der Waals surface area contributed by atoms with Crippen LogP contribution in [0.2, 0.25) is 0 Å². The van der Waals surface area contributed by atoms with E-state index in [1.165, 1.54) is 12.1 Å². The van der Waals surface area contributed by atoms with Crippen LogP contribution in [-0.4, -0.2) is 15.8 Å². The van der Waals surface area contributed by atoms with Crippen molar-refractivity contribution in [1.29, 1.82) is 0 Å². The number of benzene rings is 2. The number of aromatic nitrogens is 2. The minimum absolute atomic E-state index is 0.0577. The number of hydrogen-bond acceptors (Lipinski definition) is 2. The molecule has 0 unspecified atom stereocenters. The zero-order chi connectivity index (χ0) is 20.4. The van der Waals surface area contributed by atoms with E-state index in [0.29, 0.717) is 11.7 Å². The molecule has 0 saturated heterocycles. The number of rotatable bonds is 4. The monoisotopic (exact) mass is 400 g/mol. The molecule has 1 saturated carbocycles. The topological polar surface area (TPSA) is 59.0 Å². The average Bonchev–Trinajstić information content (AvgIpc) is 3.03. The number of nitrogens with zero attached hydrogens (tertiary/aromatic N) is 2. The third kappa shape index (κ3) is 4.26. The second kappa shape index (κ2) is 7.62. The number of para-hydroxylation sites is 1. The summed E-state index contributed by atoms with van der Waals surface area (Å²) < 4.78 is 40.2. The Balaban J connectivity index is 1.55. The maximum atomic E-state index is 12.9. The Kier molecular flexibility index (Phi) is 5.00. The number of carbonyl (C=O) groups is 1. The molecule has 0 radical (unpaired) electrons. The summed E-state index contributed by atoms with van der Waals surface area (Å²) in [6.07, 6.45) is -1.21. The molecule has 0 bridgehead atoms. The van der Waals surface area contributed by atoms with Crippen LogP contribution < -0.4 is 10.6 Å². The first-order valence-corrected chi connectivity index (χ1v) is 9.31. The third-order valence-electron chi connectivity index (χ3n) is 4.94. The van der Waals surface area contributed by atoms with Gasteiger partial charge < -0.3 is 5.32 Å². The number of carbonyl (C=O) groups excluding carboxylic acids is 1. The van der Waals surface area contributed by atoms with E-state index in [0.717, 1.165) is 42.8 Å². The van der Waals surface area contributed by atoms with E-state index in [2.05, 4.69) is 15.7 Å². The van der Waals surface area contributed by atoms with Crippen LogP contribution in [0.4, 0.5) is 29.5 Å². The molecule has 5 nitrogen and oxygen atoms in total. The summed E-state index contributed by atoms with van der Waals surface area (Å²) in [5.41, 5.74) is 0.918. The molecule has 0 spiro atoms. The first-order chi connectivity index (χ1) is 13.9. The standard InChI is InChI=1S/C21H19F3N4O/c22-21(23,24)15-8-5-9-16(12-15)25-20(29)26-19-13-18(14-6-4-7-14)27-28(19)17-10-2-1-3-11-17/h1-3,5,8-14H,4,6-7H2,(H2,25,26,29). The highest BCUT2D eigenvalue weighted by Gasteiger charge is 2.30. The van der Waals surface area contributed by atoms with Gasteiger partial charge in [0.15, 0.2) is 0 Å². The first-order valence-electron chi connectivity index (χ1n) is 9.31. The van der Waals surface area contributed by atoms with Crippen molar-refractivity contribution in [2.24, 2.45) is 0 Å². The average molecular weight is 400 g/mol. The lowest BCUT2D eigenvalue weighted by atomic mass is 9.83. The van der Waals surface area contributed by atoms with Crippen LogP contribution in [-0.2, 0) is 6.18 Å². The molecule has 0 aliphatic heterocycles. The second-order valence-corrected chi connectivity index (χ2v) is 6.99. The highest BCUT2D eigenvalue weighted by atomic mass is 19.4. The van der Waals surface area contributed by atoms with Crippen molar-refractivity contribution in [3.05, 3.63) is 71.9 Å². The molecule has 1 fully saturated rings. The van der Waals surface area contributed by atoms with Crippen LogP contribution in [0.5, 0.6) is 0 Å². The summed E-state index contributed by atoms with van der Waals surface area (Å²) >= 11 is 0. The first kappa shape index (κ1) is 19.0. The summed E-state index contributed by atoms with van der Waals surface area (Å²) in [6, 6.07) is 15.0. The van der Waals surface area contributed by atoms with E-state index in [4.69, 9.17) is 0 Å². The zero-order valence-corrected chi connectivity index (χ0v) is 15.4. The van der Waals surface area contributed by atoms with Gasteiger partial charge >= 0.3 is 12.2 Å². The quantitative estimate of drug-likeness (QED) is 0.581. The van der Waals surface area contributed by atoms with Gasteiger partial charge in [-0.1, -0.05) is 30.7 Å². The Morgan fingerprint density at radius 2 is 1.76 bits per heavy atom. The molecule has 1 aliphatic rings. The molecule has 8 heteroatoms. The lowest BCUT2D eigenvalue weighted by Crippen LogP contribution is -2.21. The normalized spacial score (nSPS) is 14.3. The van der Waals surface area contributed by atoms with Gasteiger partial charge in [0.05, 0.1) is 16.9 Å². The summed E-state index contributed by atoms with van der Waals surface area (Å²) in [7, 11) is 0. The van der Waals surface area contributed by atoms with Gasteiger partial charge in [-0.25, -0.2) is 9.48 Å². The van der Waals surface area contributed by atoms with E-state index in [1.807, 2.05) is 36.4 Å². The molecule has 3 aromatic rings. The smallest absolute Gasteiger partial charge is 0.308 e. The fourth-order valence-corrected chi connectivity index (χ4v) is 3.21. The van der Waals surface area contributed by atoms with Gasteiger partial charge in [-0.15, -0.1) is 0 Å². The van der Waals surface area contributed by atoms with Crippen molar-refractivity contribution >= 4 is 17.5 Å². The summed E-state index contributed by atoms with van der Waals surface area (Å²) in [4.78, 5) is 12.4. The number of nitrogens with one attached hydrogen (secondary N) is 2. The lowest BCUT2D eigenvalue weighted by molar-refractivity contribution is -0.137. The number of alkyl halides is 3. The van der Waals surface area contributed by atoms with Gasteiger partial charge in [0, 0.05) is 17.7 Å². The largest absolute Gasteiger partial charge is 0.416 e. The van der Waals surface area contributed by atoms with E-state index in [9.17, 15) is 18.0 Å². The van der Waals surface area contributed by atoms with Crippen LogP contribution in [0.3, 0.4) is 0 Å². The molecule has 2 amide bonds. The van der Waals surface area contributed by atoms with Crippen molar-refractivity contribution in [3.63, 3.8) is 0 Å². The Morgan fingerprint density at radius 3 is 2.41 bits per heavy atom. The van der Waals surface area contributed by atoms with Crippen molar-refractivity contribution in [1.82, 2.24) is 9.78 Å². The number of amides is 2. The van der Waals surface area contributed by atoms with Gasteiger partial charge in [0.25, 0.3) is 0 Å². The highest BCUT2D eigenvalue weighted by molar-refractivity contribution is 5.99. The molecular formula is C21H19F3N4O. The minimum Gasteiger partial charge on any atom is -0.308 e. The van der Waals surface area contributed by atoms with Crippen molar-refractivity contribution in [2.45, 2.75) is 31.4 Å². The Hall–Kier alpha value is -3.29. The van der Waals surface area contributed by atoms with E-state index >= 15 is 0 Å². The minimum atomic E-state index is -4.47. The van der Waals surface area contributed by atoms with Crippen molar-refractivity contribution in [3.8, 4) is 5.69 Å². The molecule has 1 aliphatic carbocycles. The number of halogens is 3. The van der Waals surface area contributed by atoms with E-state index in [1.54, 1.807) is 4.68 Å². The Bertz CT molecular complexity index is 1010. The molecule has 1 heterocycles.